The van der Waals surface area contributed by atoms with Gasteiger partial charge in [0.25, 0.3) is 0 Å². The number of nitrogens with one attached hydrogen (secondary N) is 8. The van der Waals surface area contributed by atoms with E-state index in [0.29, 0.717) is 262 Å². The van der Waals surface area contributed by atoms with Crippen LogP contribution in [0.3, 0.4) is 0 Å². The van der Waals surface area contributed by atoms with Crippen LogP contribution >= 0.6 is 0 Å². The highest BCUT2D eigenvalue weighted by atomic mass is 16.6. The molecular formula is C102H198N8O19. The molecule has 760 valence electrons. The molecule has 0 bridgehead atoms. The average Bonchev–Trinajstić information content (AvgIpc) is 0.923. The summed E-state index contributed by atoms with van der Waals surface area (Å²) in [4.78, 5) is 102. The van der Waals surface area contributed by atoms with Crippen molar-refractivity contribution in [2.75, 3.05) is 185 Å². The van der Waals surface area contributed by atoms with Crippen LogP contribution < -0.4 is 42.5 Å². The van der Waals surface area contributed by atoms with E-state index >= 15 is 0 Å². The van der Waals surface area contributed by atoms with Gasteiger partial charge in [0.05, 0.1) is 119 Å². The fourth-order valence-corrected chi connectivity index (χ4v) is 14.8. The van der Waals surface area contributed by atoms with Gasteiger partial charge in [0, 0.05) is 104 Å². The second-order valence-electron chi connectivity index (χ2n) is 35.0. The smallest absolute Gasteiger partial charge is 0.242 e. The number of carbonyl (C=O) groups is 8. The molecule has 129 heavy (non-hydrogen) atoms. The number of amides is 8. The van der Waals surface area contributed by atoms with Crippen LogP contribution in [0.4, 0.5) is 0 Å². The maximum absolute atomic E-state index is 13.4. The van der Waals surface area contributed by atoms with Gasteiger partial charge in [-0.3, -0.25) is 38.4 Å². The molecule has 0 aliphatic carbocycles. The third-order valence-electron chi connectivity index (χ3n) is 22.8. The first-order valence-corrected chi connectivity index (χ1v) is 53.0. The van der Waals surface area contributed by atoms with E-state index in [9.17, 15) is 38.4 Å². The Labute approximate surface area is 786 Å². The first kappa shape index (κ1) is 124. The first-order chi connectivity index (χ1) is 63.5. The van der Waals surface area contributed by atoms with Crippen molar-refractivity contribution in [3.63, 3.8) is 0 Å². The molecule has 8 amide bonds. The Hall–Kier alpha value is -4.68. The maximum atomic E-state index is 13.4. The Morgan fingerprint density at radius 2 is 0.333 bits per heavy atom. The molecule has 0 aromatic carbocycles. The topological polar surface area (TPSA) is 334 Å². The van der Waals surface area contributed by atoms with Crippen LogP contribution in [0.5, 0.6) is 0 Å². The third kappa shape index (κ3) is 99.1. The molecule has 0 saturated heterocycles. The summed E-state index contributed by atoms with van der Waals surface area (Å²) in [5, 5.41) is 23.9. The highest BCUT2D eigenvalue weighted by molar-refractivity contribution is 5.88. The highest BCUT2D eigenvalue weighted by Gasteiger charge is 2.22. The van der Waals surface area contributed by atoms with Crippen LogP contribution in [-0.4, -0.2) is 244 Å². The molecule has 0 aliphatic rings. The van der Waals surface area contributed by atoms with Gasteiger partial charge in [-0.25, -0.2) is 0 Å². The molecule has 27 heteroatoms. The van der Waals surface area contributed by atoms with Crippen LogP contribution in [0.25, 0.3) is 0 Å². The predicted molar refractivity (Wildman–Crippen MR) is 521 cm³/mol. The zero-order chi connectivity index (χ0) is 93.4. The minimum atomic E-state index is -0.619. The largest absolute Gasteiger partial charge is 0.379 e. The fraction of sp³-hybridized carbons (Fsp3) is 0.922. The SMILES string of the molecule is CCCCCCCCCCCCCC(=O)NCCCCC(NC(=O)CCCCCCCCCCCCC)C(=O)NCCCOCCOCCOCCCNC(=O)CCOCCOCCOCCOCCOCCC(=O)NCCCOCCOCCOCCCNC(=O)[C@H](CCCCNC(=O)CCCCCCCCCCCCC)NC(=O)CCCCCCCCCCCCC. The van der Waals surface area contributed by atoms with E-state index in [1.165, 1.54) is 218 Å². The average molecular weight is 1840 g/mol. The number of hydrogen-bond acceptors (Lipinski definition) is 19. The Kier molecular flexibility index (Phi) is 102. The van der Waals surface area contributed by atoms with Gasteiger partial charge >= 0.3 is 0 Å². The maximum Gasteiger partial charge on any atom is 0.242 e. The normalized spacial score (nSPS) is 11.9. The molecule has 27 nitrogen and oxygen atoms in total. The van der Waals surface area contributed by atoms with Crippen molar-refractivity contribution in [1.82, 2.24) is 42.5 Å². The minimum absolute atomic E-state index is 0.0833. The number of hydrogen-bond donors (Lipinski definition) is 8. The molecule has 0 spiro atoms. The monoisotopic (exact) mass is 1840 g/mol. The summed E-state index contributed by atoms with van der Waals surface area (Å²) >= 11 is 0. The van der Waals surface area contributed by atoms with Gasteiger partial charge in [0.1, 0.15) is 12.1 Å². The fourth-order valence-electron chi connectivity index (χ4n) is 14.8. The lowest BCUT2D eigenvalue weighted by atomic mass is 10.0. The van der Waals surface area contributed by atoms with E-state index in [1.54, 1.807) is 0 Å². The molecule has 0 aromatic heterocycles. The number of ether oxygens (including phenoxy) is 11. The third-order valence-corrected chi connectivity index (χ3v) is 22.8. The summed E-state index contributed by atoms with van der Waals surface area (Å²) in [6.07, 6.45) is 63.2. The summed E-state index contributed by atoms with van der Waals surface area (Å²) < 4.78 is 61.8. The summed E-state index contributed by atoms with van der Waals surface area (Å²) in [7, 11) is 0. The summed E-state index contributed by atoms with van der Waals surface area (Å²) in [5.41, 5.74) is 0. The molecule has 0 heterocycles. The van der Waals surface area contributed by atoms with Gasteiger partial charge in [-0.1, -0.05) is 285 Å². The van der Waals surface area contributed by atoms with E-state index < -0.39 is 12.1 Å². The van der Waals surface area contributed by atoms with E-state index in [-0.39, 0.29) is 60.1 Å². The summed E-state index contributed by atoms with van der Waals surface area (Å²) in [6.45, 7) is 21.0. The van der Waals surface area contributed by atoms with Gasteiger partial charge in [0.15, 0.2) is 0 Å². The van der Waals surface area contributed by atoms with Crippen molar-refractivity contribution < 1.29 is 90.5 Å². The van der Waals surface area contributed by atoms with Crippen LogP contribution in [0, 0.1) is 0 Å². The van der Waals surface area contributed by atoms with Gasteiger partial charge in [0.2, 0.25) is 47.3 Å². The molecular weight excluding hydrogens is 1640 g/mol. The summed E-state index contributed by atoms with van der Waals surface area (Å²) in [6, 6.07) is -1.24. The van der Waals surface area contributed by atoms with Gasteiger partial charge in [-0.05, 0) is 89.9 Å². The van der Waals surface area contributed by atoms with Crippen LogP contribution in [-0.2, 0) is 90.5 Å². The number of rotatable bonds is 108. The van der Waals surface area contributed by atoms with Crippen molar-refractivity contribution in [2.24, 2.45) is 0 Å². The molecule has 0 saturated carbocycles. The minimum Gasteiger partial charge on any atom is -0.379 e. The number of unbranched alkanes of at least 4 members (excludes halogenated alkanes) is 42. The van der Waals surface area contributed by atoms with Crippen molar-refractivity contribution >= 4 is 47.3 Å². The summed E-state index contributed by atoms with van der Waals surface area (Å²) in [5.74, 6) is -0.533. The van der Waals surface area contributed by atoms with E-state index in [1.807, 2.05) is 0 Å². The lowest BCUT2D eigenvalue weighted by Crippen LogP contribution is -2.47. The Morgan fingerprint density at radius 1 is 0.163 bits per heavy atom. The van der Waals surface area contributed by atoms with Crippen molar-refractivity contribution in [2.45, 2.75) is 425 Å². The second kappa shape index (κ2) is 105. The lowest BCUT2D eigenvalue weighted by Gasteiger charge is -2.19. The first-order valence-electron chi connectivity index (χ1n) is 53.0. The van der Waals surface area contributed by atoms with Gasteiger partial charge < -0.3 is 94.6 Å². The zero-order valence-electron chi connectivity index (χ0n) is 83.1. The Bertz CT molecular complexity index is 2290. The molecule has 0 aromatic rings. The molecule has 2 atom stereocenters. The molecule has 1 unspecified atom stereocenters. The van der Waals surface area contributed by atoms with Gasteiger partial charge in [-0.15, -0.1) is 0 Å². The van der Waals surface area contributed by atoms with Crippen molar-refractivity contribution in [3.8, 4) is 0 Å². The van der Waals surface area contributed by atoms with Gasteiger partial charge in [-0.2, -0.15) is 0 Å². The van der Waals surface area contributed by atoms with Crippen LogP contribution in [0.2, 0.25) is 0 Å². The van der Waals surface area contributed by atoms with Crippen LogP contribution in [0.1, 0.15) is 413 Å². The standard InChI is InChI=1S/C102H198N8O19/c1-5-9-13-17-21-25-29-33-37-41-45-59-95(111)103-65-51-49-57-93(109-99(115)61-47-43-39-35-31-27-23-19-15-11-7-3)101(117)107-69-55-73-121-79-85-125-83-77-119-71-53-67-105-97(113)63-75-123-81-87-127-89-91-129-92-90-128-88-82-124-76-64-98(114)106-68-54-72-120-78-84-126-86-80-122-74-56-70-108-102(118)94(110-100(116)62-48-44-40-36-32-28-24-20-16-12-8-4)58-50-52-66-104-96(112)60-46-42-38-34-30-26-22-18-14-10-6-2/h93-94H,5-92H2,1-4H3,(H,103,111)(H,104,112)(H,105,113)(H,106,114)(H,107,117)(H,108,118)(H,109,115)(H,110,116)/t93-,94?/m0/s1. The molecule has 8 N–H and O–H groups in total. The molecule has 0 aliphatic heterocycles. The molecule has 0 fully saturated rings. The van der Waals surface area contributed by atoms with E-state index in [4.69, 9.17) is 52.1 Å². The molecule has 0 radical (unpaired) electrons. The predicted octanol–water partition coefficient (Wildman–Crippen LogP) is 18.3. The number of carbonyl (C=O) groups excluding carboxylic acids is 8. The quantitative estimate of drug-likeness (QED) is 0.0262. The Balaban J connectivity index is 3.96. The molecule has 0 rings (SSSR count). The highest BCUT2D eigenvalue weighted by Crippen LogP contribution is 2.18. The van der Waals surface area contributed by atoms with E-state index in [2.05, 4.69) is 70.2 Å². The van der Waals surface area contributed by atoms with E-state index in [0.717, 1.165) is 77.0 Å². The lowest BCUT2D eigenvalue weighted by molar-refractivity contribution is -0.129. The zero-order valence-corrected chi connectivity index (χ0v) is 83.1. The second-order valence-corrected chi connectivity index (χ2v) is 35.0. The Morgan fingerprint density at radius 3 is 0.558 bits per heavy atom. The van der Waals surface area contributed by atoms with Crippen molar-refractivity contribution in [1.29, 1.82) is 0 Å². The van der Waals surface area contributed by atoms with Crippen LogP contribution in [0.15, 0.2) is 0 Å². The van der Waals surface area contributed by atoms with Crippen molar-refractivity contribution in [3.05, 3.63) is 0 Å².